The third kappa shape index (κ3) is 4.24. The van der Waals surface area contributed by atoms with E-state index in [9.17, 15) is 20.2 Å². The van der Waals surface area contributed by atoms with Crippen molar-refractivity contribution < 1.29 is 9.72 Å². The number of rotatable bonds is 4. The Morgan fingerprint density at radius 3 is 2.92 bits per heavy atom. The molecule has 2 rings (SSSR count). The minimum Gasteiger partial charge on any atom is -0.373 e. The lowest BCUT2D eigenvalue weighted by molar-refractivity contribution is -0.384. The van der Waals surface area contributed by atoms with Crippen molar-refractivity contribution in [2.45, 2.75) is 32.2 Å². The van der Waals surface area contributed by atoms with Crippen molar-refractivity contribution >= 4 is 28.9 Å². The van der Waals surface area contributed by atoms with Gasteiger partial charge in [0.1, 0.15) is 11.6 Å². The zero-order valence-corrected chi connectivity index (χ0v) is 13.9. The molecule has 0 bridgehead atoms. The molecule has 1 amide bonds. The molecule has 0 aliphatic carbocycles. The second-order valence-corrected chi connectivity index (χ2v) is 6.02. The molecule has 1 saturated heterocycles. The molecule has 126 valence electrons. The first-order valence-corrected chi connectivity index (χ1v) is 7.93. The first-order valence-electron chi connectivity index (χ1n) is 7.55. The van der Waals surface area contributed by atoms with Crippen LogP contribution in [-0.2, 0) is 4.79 Å². The van der Waals surface area contributed by atoms with Gasteiger partial charge in [-0.05, 0) is 32.3 Å². The molecule has 1 aliphatic heterocycles. The number of anilines is 1. The number of nitrogens with one attached hydrogen (secondary N) is 1. The third-order valence-corrected chi connectivity index (χ3v) is 4.25. The fourth-order valence-corrected chi connectivity index (χ4v) is 2.69. The van der Waals surface area contributed by atoms with Crippen LogP contribution >= 0.6 is 11.6 Å². The summed E-state index contributed by atoms with van der Waals surface area (Å²) in [5.41, 5.74) is -0.156. The molecule has 1 heterocycles. The van der Waals surface area contributed by atoms with Crippen LogP contribution in [0.15, 0.2) is 30.0 Å². The fourth-order valence-electron chi connectivity index (χ4n) is 2.53. The topological polar surface area (TPSA) is 99.3 Å². The lowest BCUT2D eigenvalue weighted by atomic mass is 10.0. The van der Waals surface area contributed by atoms with Crippen molar-refractivity contribution in [1.82, 2.24) is 4.90 Å². The van der Waals surface area contributed by atoms with Crippen LogP contribution < -0.4 is 5.32 Å². The van der Waals surface area contributed by atoms with Crippen molar-refractivity contribution in [1.29, 1.82) is 5.26 Å². The first kappa shape index (κ1) is 17.8. The predicted octanol–water partition coefficient (Wildman–Crippen LogP) is 3.47. The van der Waals surface area contributed by atoms with Crippen molar-refractivity contribution in [3.63, 3.8) is 0 Å². The Kier molecular flexibility index (Phi) is 5.77. The number of nitro benzene ring substituents is 1. The largest absolute Gasteiger partial charge is 0.373 e. The molecule has 1 unspecified atom stereocenters. The molecule has 1 aliphatic rings. The standard InChI is InChI=1S/C16H17ClN4O3/c1-11-4-2-3-7-20(11)10-12(9-18)16(22)19-15-8-13(21(23)24)5-6-14(15)17/h5-6,8,10-11H,2-4,7H2,1H3,(H,19,22)/b12-10-. The number of nitrogens with zero attached hydrogens (tertiary/aromatic N) is 3. The molecule has 1 aromatic rings. The highest BCUT2D eigenvalue weighted by molar-refractivity contribution is 6.34. The van der Waals surface area contributed by atoms with Gasteiger partial charge in [-0.2, -0.15) is 5.26 Å². The summed E-state index contributed by atoms with van der Waals surface area (Å²) in [5.74, 6) is -0.641. The number of hydrogen-bond donors (Lipinski definition) is 1. The Bertz CT molecular complexity index is 727. The highest BCUT2D eigenvalue weighted by Crippen LogP contribution is 2.27. The highest BCUT2D eigenvalue weighted by atomic mass is 35.5. The molecule has 1 N–H and O–H groups in total. The van der Waals surface area contributed by atoms with Crippen LogP contribution in [0.3, 0.4) is 0 Å². The normalized spacial score (nSPS) is 18.0. The lowest BCUT2D eigenvalue weighted by Gasteiger charge is -2.32. The number of benzene rings is 1. The molecule has 1 fully saturated rings. The maximum absolute atomic E-state index is 12.3. The number of non-ortho nitro benzene ring substituents is 1. The van der Waals surface area contributed by atoms with Crippen LogP contribution in [0.5, 0.6) is 0 Å². The van der Waals surface area contributed by atoms with E-state index in [0.29, 0.717) is 0 Å². The Morgan fingerprint density at radius 1 is 1.54 bits per heavy atom. The number of halogens is 1. The molecule has 0 spiro atoms. The van der Waals surface area contributed by atoms with E-state index in [1.807, 2.05) is 17.9 Å². The number of carbonyl (C=O) groups excluding carboxylic acids is 1. The molecule has 0 saturated carbocycles. The maximum Gasteiger partial charge on any atom is 0.271 e. The number of piperidine rings is 1. The zero-order valence-electron chi connectivity index (χ0n) is 13.2. The van der Waals surface area contributed by atoms with Crippen molar-refractivity contribution in [2.75, 3.05) is 11.9 Å². The van der Waals surface area contributed by atoms with Crippen LogP contribution in [-0.4, -0.2) is 28.3 Å². The molecule has 8 heteroatoms. The van der Waals surface area contributed by atoms with Gasteiger partial charge >= 0.3 is 0 Å². The first-order chi connectivity index (χ1) is 11.4. The van der Waals surface area contributed by atoms with Crippen LogP contribution in [0.2, 0.25) is 5.02 Å². The lowest BCUT2D eigenvalue weighted by Crippen LogP contribution is -2.34. The summed E-state index contributed by atoms with van der Waals surface area (Å²) in [6, 6.07) is 5.88. The summed E-state index contributed by atoms with van der Waals surface area (Å²) in [4.78, 5) is 24.5. The van der Waals surface area contributed by atoms with Crippen molar-refractivity contribution in [2.24, 2.45) is 0 Å². The van der Waals surface area contributed by atoms with Crippen LogP contribution in [0.4, 0.5) is 11.4 Å². The second-order valence-electron chi connectivity index (χ2n) is 5.61. The molecule has 1 atom stereocenters. The van der Waals surface area contributed by atoms with E-state index in [1.165, 1.54) is 18.2 Å². The molecular weight excluding hydrogens is 332 g/mol. The van der Waals surface area contributed by atoms with E-state index in [0.717, 1.165) is 25.8 Å². The number of nitro groups is 1. The van der Waals surface area contributed by atoms with Gasteiger partial charge in [-0.1, -0.05) is 11.6 Å². The molecular formula is C16H17ClN4O3. The number of nitriles is 1. The average Bonchev–Trinajstić information content (AvgIpc) is 2.55. The van der Waals surface area contributed by atoms with Gasteiger partial charge in [0.2, 0.25) is 0 Å². The summed E-state index contributed by atoms with van der Waals surface area (Å²) < 4.78 is 0. The smallest absolute Gasteiger partial charge is 0.271 e. The number of likely N-dealkylation sites (tertiary alicyclic amines) is 1. The van der Waals surface area contributed by atoms with Crippen LogP contribution in [0.1, 0.15) is 26.2 Å². The van der Waals surface area contributed by atoms with Gasteiger partial charge in [-0.25, -0.2) is 0 Å². The number of amides is 1. The van der Waals surface area contributed by atoms with Gasteiger partial charge in [0.05, 0.1) is 15.6 Å². The Balaban J connectivity index is 2.19. The van der Waals surface area contributed by atoms with Gasteiger partial charge < -0.3 is 10.2 Å². The molecule has 1 aromatic carbocycles. The summed E-state index contributed by atoms with van der Waals surface area (Å²) >= 11 is 5.96. The monoisotopic (exact) mass is 348 g/mol. The van der Waals surface area contributed by atoms with E-state index in [2.05, 4.69) is 5.32 Å². The van der Waals surface area contributed by atoms with E-state index >= 15 is 0 Å². The van der Waals surface area contributed by atoms with Crippen LogP contribution in [0.25, 0.3) is 0 Å². The minimum absolute atomic E-state index is 0.0636. The van der Waals surface area contributed by atoms with E-state index in [4.69, 9.17) is 11.6 Å². The van der Waals surface area contributed by atoms with Gasteiger partial charge in [0, 0.05) is 30.9 Å². The second kappa shape index (κ2) is 7.79. The summed E-state index contributed by atoms with van der Waals surface area (Å²) in [6.07, 6.45) is 4.69. The third-order valence-electron chi connectivity index (χ3n) is 3.92. The van der Waals surface area contributed by atoms with Crippen molar-refractivity contribution in [3.8, 4) is 6.07 Å². The van der Waals surface area contributed by atoms with Gasteiger partial charge in [-0.3, -0.25) is 14.9 Å². The van der Waals surface area contributed by atoms with Gasteiger partial charge in [0.15, 0.2) is 0 Å². The van der Waals surface area contributed by atoms with E-state index in [1.54, 1.807) is 6.20 Å². The molecule has 0 radical (unpaired) electrons. The number of hydrogen-bond acceptors (Lipinski definition) is 5. The van der Waals surface area contributed by atoms with Gasteiger partial charge in [-0.15, -0.1) is 0 Å². The Hall–Kier alpha value is -2.59. The Morgan fingerprint density at radius 2 is 2.29 bits per heavy atom. The molecule has 7 nitrogen and oxygen atoms in total. The van der Waals surface area contributed by atoms with Gasteiger partial charge in [0.25, 0.3) is 11.6 Å². The Labute approximate surface area is 144 Å². The van der Waals surface area contributed by atoms with E-state index in [-0.39, 0.29) is 28.0 Å². The maximum atomic E-state index is 12.3. The molecule has 24 heavy (non-hydrogen) atoms. The summed E-state index contributed by atoms with van der Waals surface area (Å²) in [5, 5.41) is 22.7. The SMILES string of the molecule is CC1CCCCN1/C=C(/C#N)C(=O)Nc1cc([N+](=O)[O-])ccc1Cl. The average molecular weight is 349 g/mol. The zero-order chi connectivity index (χ0) is 17.7. The summed E-state index contributed by atoms with van der Waals surface area (Å²) in [7, 11) is 0. The molecule has 0 aromatic heterocycles. The summed E-state index contributed by atoms with van der Waals surface area (Å²) in [6.45, 7) is 2.83. The number of carbonyl (C=O) groups is 1. The predicted molar refractivity (Wildman–Crippen MR) is 90.5 cm³/mol. The van der Waals surface area contributed by atoms with Crippen molar-refractivity contribution in [3.05, 3.63) is 45.1 Å². The highest BCUT2D eigenvalue weighted by Gasteiger charge is 2.19. The van der Waals surface area contributed by atoms with E-state index < -0.39 is 10.8 Å². The minimum atomic E-state index is -0.641. The van der Waals surface area contributed by atoms with Crippen LogP contribution in [0, 0.1) is 21.4 Å². The fraction of sp³-hybridized carbons (Fsp3) is 0.375. The quantitative estimate of drug-likeness (QED) is 0.388.